The van der Waals surface area contributed by atoms with Crippen LogP contribution in [0.4, 0.5) is 5.69 Å². The van der Waals surface area contributed by atoms with E-state index in [1.165, 1.54) is 0 Å². The van der Waals surface area contributed by atoms with Crippen molar-refractivity contribution >= 4 is 11.6 Å². The molecule has 0 saturated heterocycles. The number of hydrogen-bond donors (Lipinski definition) is 2. The lowest BCUT2D eigenvalue weighted by Gasteiger charge is -2.14. The minimum Gasteiger partial charge on any atom is -0.495 e. The maximum Gasteiger partial charge on any atom is 0.241 e. The molecule has 100 valence electrons. The topological polar surface area (TPSA) is 64.4 Å². The van der Waals surface area contributed by atoms with E-state index in [4.69, 9.17) is 10.5 Å². The molecule has 0 spiro atoms. The van der Waals surface area contributed by atoms with Crippen LogP contribution in [0.15, 0.2) is 18.2 Å². The van der Waals surface area contributed by atoms with Crippen LogP contribution in [-0.4, -0.2) is 19.1 Å². The Labute approximate surface area is 109 Å². The summed E-state index contributed by atoms with van der Waals surface area (Å²) in [4.78, 5) is 11.9. The molecule has 0 bridgehead atoms. The van der Waals surface area contributed by atoms with E-state index in [0.29, 0.717) is 17.9 Å². The second kappa shape index (κ2) is 7.01. The predicted octanol–water partition coefficient (Wildman–Crippen LogP) is 2.46. The summed E-state index contributed by atoms with van der Waals surface area (Å²) in [5, 5.41) is 2.81. The molecular formula is C14H22N2O2. The standard InChI is InChI=1S/C14H22N2O2/c1-4-5-6-11(15)14(17)16-12-8-7-10(2)9-13(12)18-3/h7-9,11H,4-6,15H2,1-3H3,(H,16,17)/t11-/m0/s1. The lowest BCUT2D eigenvalue weighted by molar-refractivity contribution is -0.117. The Morgan fingerprint density at radius 1 is 1.50 bits per heavy atom. The van der Waals surface area contributed by atoms with Crippen LogP contribution in [0, 0.1) is 6.92 Å². The van der Waals surface area contributed by atoms with E-state index in [9.17, 15) is 4.79 Å². The van der Waals surface area contributed by atoms with E-state index in [2.05, 4.69) is 12.2 Å². The van der Waals surface area contributed by atoms with Crippen molar-refractivity contribution in [2.24, 2.45) is 5.73 Å². The molecule has 3 N–H and O–H groups in total. The van der Waals surface area contributed by atoms with Crippen molar-refractivity contribution in [1.29, 1.82) is 0 Å². The number of hydrogen-bond acceptors (Lipinski definition) is 3. The first-order valence-electron chi connectivity index (χ1n) is 6.29. The fourth-order valence-corrected chi connectivity index (χ4v) is 1.68. The molecule has 4 nitrogen and oxygen atoms in total. The molecule has 1 aromatic carbocycles. The van der Waals surface area contributed by atoms with Crippen molar-refractivity contribution < 1.29 is 9.53 Å². The van der Waals surface area contributed by atoms with Crippen LogP contribution in [-0.2, 0) is 4.79 Å². The maximum absolute atomic E-state index is 11.9. The number of benzene rings is 1. The number of carbonyl (C=O) groups is 1. The Morgan fingerprint density at radius 3 is 2.83 bits per heavy atom. The molecule has 18 heavy (non-hydrogen) atoms. The van der Waals surface area contributed by atoms with Gasteiger partial charge in [0.05, 0.1) is 18.8 Å². The van der Waals surface area contributed by atoms with Gasteiger partial charge in [-0.25, -0.2) is 0 Å². The van der Waals surface area contributed by atoms with Gasteiger partial charge in [-0.1, -0.05) is 25.8 Å². The number of ether oxygens (including phenoxy) is 1. The summed E-state index contributed by atoms with van der Waals surface area (Å²) >= 11 is 0. The zero-order valence-corrected chi connectivity index (χ0v) is 11.3. The normalized spacial score (nSPS) is 12.0. The monoisotopic (exact) mass is 250 g/mol. The summed E-state index contributed by atoms with van der Waals surface area (Å²) in [5.41, 5.74) is 7.57. The molecule has 1 rings (SSSR count). The van der Waals surface area contributed by atoms with Crippen LogP contribution in [0.25, 0.3) is 0 Å². The van der Waals surface area contributed by atoms with Gasteiger partial charge >= 0.3 is 0 Å². The fraction of sp³-hybridized carbons (Fsp3) is 0.500. The van der Waals surface area contributed by atoms with Crippen LogP contribution in [0.2, 0.25) is 0 Å². The Bertz CT molecular complexity index is 405. The van der Waals surface area contributed by atoms with Crippen molar-refractivity contribution in [3.05, 3.63) is 23.8 Å². The molecular weight excluding hydrogens is 228 g/mol. The zero-order valence-electron chi connectivity index (χ0n) is 11.3. The van der Waals surface area contributed by atoms with Gasteiger partial charge in [-0.3, -0.25) is 4.79 Å². The highest BCUT2D eigenvalue weighted by atomic mass is 16.5. The van der Waals surface area contributed by atoms with E-state index in [0.717, 1.165) is 18.4 Å². The SMILES string of the molecule is CCCC[C@H](N)C(=O)Nc1ccc(C)cc1OC. The predicted molar refractivity (Wildman–Crippen MR) is 73.9 cm³/mol. The Hall–Kier alpha value is -1.55. The highest BCUT2D eigenvalue weighted by molar-refractivity contribution is 5.95. The third kappa shape index (κ3) is 4.04. The number of aryl methyl sites for hydroxylation is 1. The molecule has 0 saturated carbocycles. The van der Waals surface area contributed by atoms with Gasteiger partial charge in [-0.05, 0) is 31.0 Å². The smallest absolute Gasteiger partial charge is 0.241 e. The van der Waals surface area contributed by atoms with Gasteiger partial charge in [0.2, 0.25) is 5.91 Å². The molecule has 0 unspecified atom stereocenters. The second-order valence-corrected chi connectivity index (χ2v) is 4.44. The Kier molecular flexibility index (Phi) is 5.65. The molecule has 1 amide bonds. The highest BCUT2D eigenvalue weighted by Gasteiger charge is 2.14. The van der Waals surface area contributed by atoms with E-state index in [1.54, 1.807) is 7.11 Å². The summed E-state index contributed by atoms with van der Waals surface area (Å²) < 4.78 is 5.23. The van der Waals surface area contributed by atoms with Crippen molar-refractivity contribution in [3.63, 3.8) is 0 Å². The van der Waals surface area contributed by atoms with Crippen molar-refractivity contribution in [2.45, 2.75) is 39.2 Å². The molecule has 1 atom stereocenters. The number of amides is 1. The lowest BCUT2D eigenvalue weighted by Crippen LogP contribution is -2.35. The van der Waals surface area contributed by atoms with E-state index in [-0.39, 0.29) is 5.91 Å². The molecule has 0 aromatic heterocycles. The summed E-state index contributed by atoms with van der Waals surface area (Å²) in [7, 11) is 1.58. The molecule has 4 heteroatoms. The van der Waals surface area contributed by atoms with E-state index < -0.39 is 6.04 Å². The molecule has 0 aliphatic rings. The average molecular weight is 250 g/mol. The quantitative estimate of drug-likeness (QED) is 0.815. The number of unbranched alkanes of at least 4 members (excludes halogenated alkanes) is 1. The van der Waals surface area contributed by atoms with Gasteiger partial charge in [0, 0.05) is 0 Å². The van der Waals surface area contributed by atoms with Gasteiger partial charge in [0.25, 0.3) is 0 Å². The first kappa shape index (κ1) is 14.5. The van der Waals surface area contributed by atoms with Gasteiger partial charge in [-0.2, -0.15) is 0 Å². The summed E-state index contributed by atoms with van der Waals surface area (Å²) in [5.74, 6) is 0.497. The van der Waals surface area contributed by atoms with Gasteiger partial charge < -0.3 is 15.8 Å². The maximum atomic E-state index is 11.9. The molecule has 0 fully saturated rings. The number of nitrogens with one attached hydrogen (secondary N) is 1. The minimum atomic E-state index is -0.462. The van der Waals surface area contributed by atoms with Gasteiger partial charge in [0.15, 0.2) is 0 Å². The lowest BCUT2D eigenvalue weighted by atomic mass is 10.1. The molecule has 0 radical (unpaired) electrons. The van der Waals surface area contributed by atoms with Crippen molar-refractivity contribution in [3.8, 4) is 5.75 Å². The highest BCUT2D eigenvalue weighted by Crippen LogP contribution is 2.25. The van der Waals surface area contributed by atoms with Crippen LogP contribution >= 0.6 is 0 Å². The number of carbonyl (C=O) groups excluding carboxylic acids is 1. The number of nitrogens with two attached hydrogens (primary N) is 1. The van der Waals surface area contributed by atoms with E-state index in [1.807, 2.05) is 25.1 Å². The third-order valence-corrected chi connectivity index (χ3v) is 2.82. The fourth-order valence-electron chi connectivity index (χ4n) is 1.68. The van der Waals surface area contributed by atoms with Crippen LogP contribution in [0.3, 0.4) is 0 Å². The van der Waals surface area contributed by atoms with Crippen molar-refractivity contribution in [1.82, 2.24) is 0 Å². The van der Waals surface area contributed by atoms with Gasteiger partial charge in [-0.15, -0.1) is 0 Å². The van der Waals surface area contributed by atoms with Crippen LogP contribution in [0.5, 0.6) is 5.75 Å². The molecule has 0 aliphatic heterocycles. The first-order valence-corrected chi connectivity index (χ1v) is 6.29. The van der Waals surface area contributed by atoms with Gasteiger partial charge in [0.1, 0.15) is 5.75 Å². The van der Waals surface area contributed by atoms with Crippen molar-refractivity contribution in [2.75, 3.05) is 12.4 Å². The summed E-state index contributed by atoms with van der Waals surface area (Å²) in [6, 6.07) is 5.18. The number of anilines is 1. The largest absolute Gasteiger partial charge is 0.495 e. The molecule has 0 heterocycles. The first-order chi connectivity index (χ1) is 8.58. The second-order valence-electron chi connectivity index (χ2n) is 4.44. The third-order valence-electron chi connectivity index (χ3n) is 2.82. The Morgan fingerprint density at radius 2 is 2.22 bits per heavy atom. The van der Waals surface area contributed by atoms with Crippen LogP contribution in [0.1, 0.15) is 31.7 Å². The molecule has 1 aromatic rings. The zero-order chi connectivity index (χ0) is 13.5. The minimum absolute atomic E-state index is 0.161. The Balaban J connectivity index is 2.69. The number of methoxy groups -OCH3 is 1. The van der Waals surface area contributed by atoms with E-state index >= 15 is 0 Å². The summed E-state index contributed by atoms with van der Waals surface area (Å²) in [6.45, 7) is 4.05. The summed E-state index contributed by atoms with van der Waals surface area (Å²) in [6.07, 6.45) is 2.70. The average Bonchev–Trinajstić information content (AvgIpc) is 2.37. The van der Waals surface area contributed by atoms with Crippen LogP contribution < -0.4 is 15.8 Å². The molecule has 0 aliphatic carbocycles. The number of rotatable bonds is 6.